The molecule has 0 spiro atoms. The normalized spacial score (nSPS) is 19.8. The predicted octanol–water partition coefficient (Wildman–Crippen LogP) is 2.53. The van der Waals surface area contributed by atoms with Crippen molar-refractivity contribution in [3.8, 4) is 0 Å². The largest absolute Gasteiger partial charge is 0.462 e. The number of carbonyl (C=O) groups is 4. The maximum Gasteiger partial charge on any atom is 0.340 e. The van der Waals surface area contributed by atoms with E-state index in [0.717, 1.165) is 11.3 Å². The van der Waals surface area contributed by atoms with E-state index in [9.17, 15) is 23.6 Å². The van der Waals surface area contributed by atoms with E-state index < -0.39 is 35.8 Å². The van der Waals surface area contributed by atoms with Crippen LogP contribution in [-0.4, -0.2) is 65.4 Å². The first-order chi connectivity index (χ1) is 16.9. The van der Waals surface area contributed by atoms with Crippen molar-refractivity contribution >= 4 is 29.5 Å². The summed E-state index contributed by atoms with van der Waals surface area (Å²) in [5.41, 5.74) is 1.08. The SMILES string of the molecule is CCOC(=O)c1ccccc1NC(=O)CN1C(=O)N(Cc2ccc(F)cc2)C(=O)C2NCCCC21. The Kier molecular flexibility index (Phi) is 7.40. The quantitative estimate of drug-likeness (QED) is 0.588. The lowest BCUT2D eigenvalue weighted by Gasteiger charge is -2.46. The van der Waals surface area contributed by atoms with Crippen molar-refractivity contribution in [2.24, 2.45) is 0 Å². The highest BCUT2D eigenvalue weighted by atomic mass is 19.1. The van der Waals surface area contributed by atoms with Crippen LogP contribution in [0.15, 0.2) is 48.5 Å². The van der Waals surface area contributed by atoms with Gasteiger partial charge in [0.2, 0.25) is 11.8 Å². The molecule has 10 heteroatoms. The summed E-state index contributed by atoms with van der Waals surface area (Å²) in [6.45, 7) is 2.17. The summed E-state index contributed by atoms with van der Waals surface area (Å²) in [7, 11) is 0. The van der Waals surface area contributed by atoms with E-state index >= 15 is 0 Å². The number of urea groups is 1. The first-order valence-electron chi connectivity index (χ1n) is 11.5. The average molecular weight is 483 g/mol. The third kappa shape index (κ3) is 5.32. The zero-order valence-corrected chi connectivity index (χ0v) is 19.3. The molecule has 2 fully saturated rings. The van der Waals surface area contributed by atoms with Crippen LogP contribution in [0.4, 0.5) is 14.9 Å². The predicted molar refractivity (Wildman–Crippen MR) is 125 cm³/mol. The first kappa shape index (κ1) is 24.3. The molecule has 4 amide bonds. The number of anilines is 1. The molecule has 2 aromatic carbocycles. The molecule has 2 heterocycles. The zero-order valence-electron chi connectivity index (χ0n) is 19.3. The number of halogens is 1. The molecule has 9 nitrogen and oxygen atoms in total. The molecule has 2 N–H and O–H groups in total. The number of nitrogens with zero attached hydrogens (tertiary/aromatic N) is 2. The number of carbonyl (C=O) groups excluding carboxylic acids is 4. The number of ether oxygens (including phenoxy) is 1. The van der Waals surface area contributed by atoms with Crippen LogP contribution in [0.2, 0.25) is 0 Å². The van der Waals surface area contributed by atoms with Gasteiger partial charge in [0.05, 0.1) is 30.4 Å². The third-order valence-corrected chi connectivity index (χ3v) is 6.10. The number of fused-ring (bicyclic) bond motifs is 1. The maximum atomic E-state index is 13.4. The Morgan fingerprint density at radius 1 is 1.14 bits per heavy atom. The van der Waals surface area contributed by atoms with Crippen molar-refractivity contribution in [3.05, 3.63) is 65.5 Å². The summed E-state index contributed by atoms with van der Waals surface area (Å²) in [6, 6.07) is 10.3. The van der Waals surface area contributed by atoms with Gasteiger partial charge in [-0.15, -0.1) is 0 Å². The Hall–Kier alpha value is -3.79. The molecular weight excluding hydrogens is 455 g/mol. The fraction of sp³-hybridized carbons (Fsp3) is 0.360. The van der Waals surface area contributed by atoms with Gasteiger partial charge in [0.1, 0.15) is 18.4 Å². The molecule has 184 valence electrons. The molecule has 0 aromatic heterocycles. The van der Waals surface area contributed by atoms with Crippen molar-refractivity contribution in [1.29, 1.82) is 0 Å². The minimum absolute atomic E-state index is 0.0351. The minimum atomic E-state index is -0.637. The summed E-state index contributed by atoms with van der Waals surface area (Å²) in [4.78, 5) is 54.2. The topological polar surface area (TPSA) is 108 Å². The highest BCUT2D eigenvalue weighted by Crippen LogP contribution is 2.26. The van der Waals surface area contributed by atoms with Crippen molar-refractivity contribution in [1.82, 2.24) is 15.1 Å². The van der Waals surface area contributed by atoms with Gasteiger partial charge in [-0.1, -0.05) is 24.3 Å². The van der Waals surface area contributed by atoms with Gasteiger partial charge in [0.25, 0.3) is 0 Å². The van der Waals surface area contributed by atoms with Gasteiger partial charge < -0.3 is 20.3 Å². The molecule has 0 aliphatic carbocycles. The number of hydrogen-bond acceptors (Lipinski definition) is 6. The molecule has 0 saturated carbocycles. The van der Waals surface area contributed by atoms with Crippen LogP contribution in [0.1, 0.15) is 35.7 Å². The van der Waals surface area contributed by atoms with E-state index in [-0.39, 0.29) is 36.9 Å². The number of rotatable bonds is 7. The molecular formula is C25H27FN4O5. The second kappa shape index (κ2) is 10.6. The summed E-state index contributed by atoms with van der Waals surface area (Å²) >= 11 is 0. The van der Waals surface area contributed by atoms with Crippen molar-refractivity contribution in [2.45, 2.75) is 38.4 Å². The smallest absolute Gasteiger partial charge is 0.340 e. The van der Waals surface area contributed by atoms with Crippen LogP contribution in [-0.2, 0) is 20.9 Å². The van der Waals surface area contributed by atoms with E-state index in [0.29, 0.717) is 18.5 Å². The number of para-hydroxylation sites is 1. The highest BCUT2D eigenvalue weighted by Gasteiger charge is 2.47. The number of benzene rings is 2. The second-order valence-electron chi connectivity index (χ2n) is 8.42. The van der Waals surface area contributed by atoms with E-state index in [1.54, 1.807) is 31.2 Å². The van der Waals surface area contributed by atoms with Crippen LogP contribution in [0, 0.1) is 5.82 Å². The van der Waals surface area contributed by atoms with Crippen LogP contribution in [0.25, 0.3) is 0 Å². The van der Waals surface area contributed by atoms with Gasteiger partial charge in [0.15, 0.2) is 0 Å². The minimum Gasteiger partial charge on any atom is -0.462 e. The first-order valence-corrected chi connectivity index (χ1v) is 11.5. The van der Waals surface area contributed by atoms with Gasteiger partial charge in [-0.25, -0.2) is 14.0 Å². The van der Waals surface area contributed by atoms with Crippen molar-refractivity contribution < 1.29 is 28.3 Å². The third-order valence-electron chi connectivity index (χ3n) is 6.10. The number of imide groups is 1. The van der Waals surface area contributed by atoms with E-state index in [1.807, 2.05) is 0 Å². The molecule has 35 heavy (non-hydrogen) atoms. The summed E-state index contributed by atoms with van der Waals surface area (Å²) in [5.74, 6) is -1.85. The van der Waals surface area contributed by atoms with E-state index in [2.05, 4.69) is 10.6 Å². The fourth-order valence-corrected chi connectivity index (χ4v) is 4.44. The van der Waals surface area contributed by atoms with Gasteiger partial charge in [-0.2, -0.15) is 0 Å². The van der Waals surface area contributed by atoms with Crippen molar-refractivity contribution in [3.63, 3.8) is 0 Å². The van der Waals surface area contributed by atoms with Gasteiger partial charge in [0, 0.05) is 0 Å². The monoisotopic (exact) mass is 482 g/mol. The summed E-state index contributed by atoms with van der Waals surface area (Å²) in [6.07, 6.45) is 1.33. The van der Waals surface area contributed by atoms with Crippen molar-refractivity contribution in [2.75, 3.05) is 25.0 Å². The molecule has 2 saturated heterocycles. The Labute approximate surface area is 202 Å². The number of hydrogen-bond donors (Lipinski definition) is 2. The Balaban J connectivity index is 1.54. The highest BCUT2D eigenvalue weighted by molar-refractivity contribution is 6.04. The molecule has 0 bridgehead atoms. The Morgan fingerprint density at radius 2 is 1.89 bits per heavy atom. The molecule has 2 aromatic rings. The molecule has 4 rings (SSSR count). The van der Waals surface area contributed by atoms with Crippen LogP contribution in [0.3, 0.4) is 0 Å². The fourth-order valence-electron chi connectivity index (χ4n) is 4.44. The van der Waals surface area contributed by atoms with Gasteiger partial charge >= 0.3 is 12.0 Å². The lowest BCUT2D eigenvalue weighted by atomic mass is 9.93. The lowest BCUT2D eigenvalue weighted by molar-refractivity contribution is -0.138. The molecule has 2 atom stereocenters. The van der Waals surface area contributed by atoms with Crippen LogP contribution in [0.5, 0.6) is 0 Å². The number of piperidine rings is 1. The number of amides is 4. The molecule has 0 radical (unpaired) electrons. The summed E-state index contributed by atoms with van der Waals surface area (Å²) in [5, 5.41) is 5.87. The van der Waals surface area contributed by atoms with E-state index in [1.165, 1.54) is 29.2 Å². The zero-order chi connectivity index (χ0) is 24.9. The molecule has 2 unspecified atom stereocenters. The van der Waals surface area contributed by atoms with E-state index in [4.69, 9.17) is 4.74 Å². The summed E-state index contributed by atoms with van der Waals surface area (Å²) < 4.78 is 18.4. The van der Waals surface area contributed by atoms with Gasteiger partial charge in [-0.3, -0.25) is 14.5 Å². The molecule has 2 aliphatic rings. The van der Waals surface area contributed by atoms with Crippen LogP contribution < -0.4 is 10.6 Å². The van der Waals surface area contributed by atoms with Gasteiger partial charge in [-0.05, 0) is 56.1 Å². The molecule has 2 aliphatic heterocycles. The second-order valence-corrected chi connectivity index (χ2v) is 8.42. The maximum absolute atomic E-state index is 13.4. The Bertz CT molecular complexity index is 1120. The van der Waals surface area contributed by atoms with Crippen LogP contribution >= 0.6 is 0 Å². The number of nitrogens with one attached hydrogen (secondary N) is 2. The number of esters is 1. The average Bonchev–Trinajstić information content (AvgIpc) is 2.86. The Morgan fingerprint density at radius 3 is 2.63 bits per heavy atom. The lowest BCUT2D eigenvalue weighted by Crippen LogP contribution is -2.70. The standard InChI is InChI=1S/C25H27FN4O5/c1-2-35-24(33)18-6-3-4-7-19(18)28-21(31)15-29-20-8-5-13-27-22(20)23(32)30(25(29)34)14-16-9-11-17(26)12-10-16/h3-4,6-7,9-12,20,22,27H,2,5,8,13-15H2,1H3,(H,28,31).